The van der Waals surface area contributed by atoms with E-state index < -0.39 is 12.1 Å². The summed E-state index contributed by atoms with van der Waals surface area (Å²) in [5.74, 6) is -0.689. The van der Waals surface area contributed by atoms with Crippen LogP contribution >= 0.6 is 11.8 Å². The summed E-state index contributed by atoms with van der Waals surface area (Å²) in [5.41, 5.74) is 0.294. The first-order valence-corrected chi connectivity index (χ1v) is 6.22. The van der Waals surface area contributed by atoms with Crippen molar-refractivity contribution < 1.29 is 15.0 Å². The van der Waals surface area contributed by atoms with Gasteiger partial charge in [-0.25, -0.2) is 0 Å². The minimum absolute atomic E-state index is 0.294. The van der Waals surface area contributed by atoms with Gasteiger partial charge in [0.05, 0.1) is 0 Å². The smallest absolute Gasteiger partial charge is 0.218 e. The van der Waals surface area contributed by atoms with Crippen molar-refractivity contribution in [3.8, 4) is 0 Å². The Morgan fingerprint density at radius 1 is 0.889 bits per heavy atom. The second-order valence-electron chi connectivity index (χ2n) is 3.68. The summed E-state index contributed by atoms with van der Waals surface area (Å²) in [6.45, 7) is 0. The quantitative estimate of drug-likeness (QED) is 0.654. The fourth-order valence-corrected chi connectivity index (χ4v) is 2.30. The molecule has 2 N–H and O–H groups in total. The van der Waals surface area contributed by atoms with Crippen LogP contribution in [0.15, 0.2) is 64.4 Å². The lowest BCUT2D eigenvalue weighted by atomic mass is 10.1. The maximum atomic E-state index is 11.3. The van der Waals surface area contributed by atoms with Gasteiger partial charge in [-0.15, -0.1) is 0 Å². The number of carbonyl (C=O) groups excluding carboxylic acids is 1. The number of Topliss-reactive ketones (excluding diaryl/α,β-unsaturated/α-hetero) is 1. The molecule has 0 spiro atoms. The summed E-state index contributed by atoms with van der Waals surface area (Å²) < 4.78 is 0. The van der Waals surface area contributed by atoms with Crippen molar-refractivity contribution in [1.29, 1.82) is 0 Å². The highest BCUT2D eigenvalue weighted by atomic mass is 32.2. The molecule has 0 fully saturated rings. The molecule has 0 unspecified atom stereocenters. The van der Waals surface area contributed by atoms with E-state index in [1.807, 2.05) is 30.3 Å². The van der Waals surface area contributed by atoms with E-state index in [-0.39, 0.29) is 0 Å². The van der Waals surface area contributed by atoms with Crippen LogP contribution in [0.25, 0.3) is 0 Å². The SMILES string of the molecule is O=C(c1ccc(Sc2ccccc2)cc1)C(O)O. The molecule has 2 rings (SSSR count). The minimum atomic E-state index is -1.95. The third-order valence-corrected chi connectivity index (χ3v) is 3.37. The average molecular weight is 260 g/mol. The molecule has 0 radical (unpaired) electrons. The Kier molecular flexibility index (Phi) is 4.15. The van der Waals surface area contributed by atoms with Gasteiger partial charge in [0.1, 0.15) is 0 Å². The molecule has 0 bridgehead atoms. The molecule has 0 aliphatic carbocycles. The Hall–Kier alpha value is -1.62. The van der Waals surface area contributed by atoms with E-state index in [1.165, 1.54) is 0 Å². The summed E-state index contributed by atoms with van der Waals surface area (Å²) in [5, 5.41) is 17.6. The van der Waals surface area contributed by atoms with Gasteiger partial charge in [-0.1, -0.05) is 42.1 Å². The predicted octanol–water partition coefficient (Wildman–Crippen LogP) is 2.33. The van der Waals surface area contributed by atoms with Crippen LogP contribution in [0.2, 0.25) is 0 Å². The third kappa shape index (κ3) is 3.20. The molecule has 4 heteroatoms. The zero-order valence-electron chi connectivity index (χ0n) is 9.48. The molecule has 0 heterocycles. The van der Waals surface area contributed by atoms with Gasteiger partial charge in [-0.05, 0) is 24.3 Å². The number of carbonyl (C=O) groups is 1. The van der Waals surface area contributed by atoms with Crippen molar-refractivity contribution in [2.45, 2.75) is 16.1 Å². The number of ketones is 1. The molecule has 18 heavy (non-hydrogen) atoms. The Morgan fingerprint density at radius 3 is 2.00 bits per heavy atom. The molecule has 0 amide bonds. The lowest BCUT2D eigenvalue weighted by molar-refractivity contribution is -0.0195. The van der Waals surface area contributed by atoms with Crippen LogP contribution in [0, 0.1) is 0 Å². The number of aliphatic hydroxyl groups excluding tert-OH is 1. The van der Waals surface area contributed by atoms with Crippen LogP contribution < -0.4 is 0 Å². The van der Waals surface area contributed by atoms with Crippen molar-refractivity contribution in [3.05, 3.63) is 60.2 Å². The summed E-state index contributed by atoms with van der Waals surface area (Å²) in [6, 6.07) is 16.6. The molecule has 0 aromatic heterocycles. The van der Waals surface area contributed by atoms with E-state index in [0.29, 0.717) is 5.56 Å². The van der Waals surface area contributed by atoms with Crippen molar-refractivity contribution in [2.75, 3.05) is 0 Å². The molecule has 2 aromatic rings. The highest BCUT2D eigenvalue weighted by Gasteiger charge is 2.13. The summed E-state index contributed by atoms with van der Waals surface area (Å²) in [7, 11) is 0. The van der Waals surface area contributed by atoms with Gasteiger partial charge in [0.25, 0.3) is 0 Å². The summed E-state index contributed by atoms with van der Waals surface area (Å²) in [4.78, 5) is 13.4. The van der Waals surface area contributed by atoms with Crippen molar-refractivity contribution in [1.82, 2.24) is 0 Å². The Labute approximate surface area is 109 Å². The number of hydrogen-bond donors (Lipinski definition) is 2. The first-order valence-electron chi connectivity index (χ1n) is 5.40. The van der Waals surface area contributed by atoms with Gasteiger partial charge >= 0.3 is 0 Å². The lowest BCUT2D eigenvalue weighted by Crippen LogP contribution is -2.19. The summed E-state index contributed by atoms with van der Waals surface area (Å²) >= 11 is 1.58. The largest absolute Gasteiger partial charge is 0.362 e. The molecular weight excluding hydrogens is 248 g/mol. The van der Waals surface area contributed by atoms with Gasteiger partial charge in [0, 0.05) is 15.4 Å². The topological polar surface area (TPSA) is 57.5 Å². The second kappa shape index (κ2) is 5.82. The summed E-state index contributed by atoms with van der Waals surface area (Å²) in [6.07, 6.45) is -1.95. The average Bonchev–Trinajstić information content (AvgIpc) is 2.40. The molecule has 0 aliphatic rings. The molecule has 0 saturated heterocycles. The van der Waals surface area contributed by atoms with E-state index in [9.17, 15) is 4.79 Å². The highest BCUT2D eigenvalue weighted by Crippen LogP contribution is 2.27. The normalized spacial score (nSPS) is 10.6. The number of hydrogen-bond acceptors (Lipinski definition) is 4. The third-order valence-electron chi connectivity index (χ3n) is 2.35. The fourth-order valence-electron chi connectivity index (χ4n) is 1.46. The maximum Gasteiger partial charge on any atom is 0.218 e. The van der Waals surface area contributed by atoms with E-state index >= 15 is 0 Å². The van der Waals surface area contributed by atoms with E-state index in [1.54, 1.807) is 36.0 Å². The minimum Gasteiger partial charge on any atom is -0.362 e. The van der Waals surface area contributed by atoms with Crippen molar-refractivity contribution in [3.63, 3.8) is 0 Å². The first kappa shape index (κ1) is 12.8. The lowest BCUT2D eigenvalue weighted by Gasteiger charge is -2.04. The van der Waals surface area contributed by atoms with Gasteiger partial charge < -0.3 is 10.2 Å². The molecule has 0 aliphatic heterocycles. The van der Waals surface area contributed by atoms with Gasteiger partial charge in [-0.2, -0.15) is 0 Å². The van der Waals surface area contributed by atoms with Crippen LogP contribution in [-0.4, -0.2) is 22.3 Å². The molecule has 0 atom stereocenters. The first-order chi connectivity index (χ1) is 8.66. The van der Waals surface area contributed by atoms with Gasteiger partial charge in [0.15, 0.2) is 0 Å². The number of aliphatic hydroxyl groups is 2. The Bertz CT molecular complexity index is 520. The molecule has 0 saturated carbocycles. The number of rotatable bonds is 4. The zero-order chi connectivity index (χ0) is 13.0. The second-order valence-corrected chi connectivity index (χ2v) is 4.82. The molecule has 3 nitrogen and oxygen atoms in total. The van der Waals surface area contributed by atoms with Crippen LogP contribution in [0.4, 0.5) is 0 Å². The van der Waals surface area contributed by atoms with Crippen LogP contribution in [0.3, 0.4) is 0 Å². The van der Waals surface area contributed by atoms with E-state index in [0.717, 1.165) is 9.79 Å². The van der Waals surface area contributed by atoms with Crippen LogP contribution in [0.5, 0.6) is 0 Å². The molecule has 2 aromatic carbocycles. The van der Waals surface area contributed by atoms with Gasteiger partial charge in [0.2, 0.25) is 12.1 Å². The number of benzene rings is 2. The van der Waals surface area contributed by atoms with Gasteiger partial charge in [-0.3, -0.25) is 4.79 Å². The highest BCUT2D eigenvalue weighted by molar-refractivity contribution is 7.99. The van der Waals surface area contributed by atoms with Crippen LogP contribution in [0.1, 0.15) is 10.4 Å². The van der Waals surface area contributed by atoms with Crippen LogP contribution in [-0.2, 0) is 0 Å². The zero-order valence-corrected chi connectivity index (χ0v) is 10.3. The fraction of sp³-hybridized carbons (Fsp3) is 0.0714. The van der Waals surface area contributed by atoms with E-state index in [2.05, 4.69) is 0 Å². The molecule has 92 valence electrons. The maximum absolute atomic E-state index is 11.3. The van der Waals surface area contributed by atoms with Crippen molar-refractivity contribution >= 4 is 17.5 Å². The Morgan fingerprint density at radius 2 is 1.44 bits per heavy atom. The molecular formula is C14H12O3S. The predicted molar refractivity (Wildman–Crippen MR) is 69.6 cm³/mol. The Balaban J connectivity index is 2.11. The standard InChI is InChI=1S/C14H12O3S/c15-13(14(16)17)10-6-8-12(9-7-10)18-11-4-2-1-3-5-11/h1-9,14,16-17H. The monoisotopic (exact) mass is 260 g/mol. The van der Waals surface area contributed by atoms with Crippen molar-refractivity contribution in [2.24, 2.45) is 0 Å². The van der Waals surface area contributed by atoms with E-state index in [4.69, 9.17) is 10.2 Å².